The molecule has 108 valence electrons. The van der Waals surface area contributed by atoms with Gasteiger partial charge in [0, 0.05) is 12.6 Å². The van der Waals surface area contributed by atoms with Crippen molar-refractivity contribution in [3.05, 3.63) is 0 Å². The molecule has 19 heavy (non-hydrogen) atoms. The molecule has 1 saturated heterocycles. The summed E-state index contributed by atoms with van der Waals surface area (Å²) >= 11 is 0. The average Bonchev–Trinajstić information content (AvgIpc) is 2.67. The van der Waals surface area contributed by atoms with Gasteiger partial charge in [-0.05, 0) is 31.2 Å². The van der Waals surface area contributed by atoms with Crippen molar-refractivity contribution in [3.8, 4) is 0 Å². The van der Waals surface area contributed by atoms with Gasteiger partial charge < -0.3 is 10.6 Å². The maximum absolute atomic E-state index is 11.4. The van der Waals surface area contributed by atoms with E-state index in [1.807, 2.05) is 0 Å². The smallest absolute Gasteiger partial charge is 0.324 e. The predicted octanol–water partition coefficient (Wildman–Crippen LogP) is 1.49. The first-order valence-corrected chi connectivity index (χ1v) is 7.32. The number of urea groups is 1. The molecule has 3 amide bonds. The molecule has 0 radical (unpaired) electrons. The van der Waals surface area contributed by atoms with Crippen LogP contribution in [0.15, 0.2) is 0 Å². The number of amides is 3. The Kier molecular flexibility index (Phi) is 4.45. The standard InChI is InChI=1S/C14H25N3O2/c1-14(2)7-4-3-6-11(14)15-8-5-9-17-12(18)10-16-13(17)19/h11,15H,3-10H2,1-2H3,(H,16,19)/t11-/m1/s1. The van der Waals surface area contributed by atoms with Gasteiger partial charge in [0.05, 0.1) is 6.54 Å². The summed E-state index contributed by atoms with van der Waals surface area (Å²) in [6, 6.07) is 0.312. The summed E-state index contributed by atoms with van der Waals surface area (Å²) in [6.07, 6.45) is 5.96. The van der Waals surface area contributed by atoms with Gasteiger partial charge in [0.1, 0.15) is 0 Å². The monoisotopic (exact) mass is 267 g/mol. The molecule has 5 heteroatoms. The van der Waals surface area contributed by atoms with E-state index in [0.717, 1.165) is 13.0 Å². The van der Waals surface area contributed by atoms with Crippen LogP contribution in [0.3, 0.4) is 0 Å². The van der Waals surface area contributed by atoms with Gasteiger partial charge in [0.15, 0.2) is 0 Å². The largest absolute Gasteiger partial charge is 0.329 e. The molecule has 0 aromatic carbocycles. The zero-order valence-electron chi connectivity index (χ0n) is 12.0. The number of nitrogens with zero attached hydrogens (tertiary/aromatic N) is 1. The maximum Gasteiger partial charge on any atom is 0.324 e. The first-order chi connectivity index (χ1) is 9.00. The molecule has 0 spiro atoms. The molecule has 2 N–H and O–H groups in total. The molecular weight excluding hydrogens is 242 g/mol. The minimum atomic E-state index is -0.247. The van der Waals surface area contributed by atoms with Crippen LogP contribution in [-0.2, 0) is 4.79 Å². The number of hydrogen-bond donors (Lipinski definition) is 2. The highest BCUT2D eigenvalue weighted by atomic mass is 16.2. The fraction of sp³-hybridized carbons (Fsp3) is 0.857. The second-order valence-electron chi connectivity index (χ2n) is 6.30. The summed E-state index contributed by atoms with van der Waals surface area (Å²) in [7, 11) is 0. The van der Waals surface area contributed by atoms with Crippen molar-refractivity contribution in [2.45, 2.75) is 52.0 Å². The second-order valence-corrected chi connectivity index (χ2v) is 6.30. The number of carbonyl (C=O) groups excluding carboxylic acids is 2. The van der Waals surface area contributed by atoms with Crippen LogP contribution in [0.5, 0.6) is 0 Å². The van der Waals surface area contributed by atoms with Crippen molar-refractivity contribution in [2.75, 3.05) is 19.6 Å². The quantitative estimate of drug-likeness (QED) is 0.586. The second kappa shape index (κ2) is 5.90. The molecule has 0 aromatic rings. The van der Waals surface area contributed by atoms with Gasteiger partial charge in [0.25, 0.3) is 0 Å². The van der Waals surface area contributed by atoms with E-state index < -0.39 is 0 Å². The Morgan fingerprint density at radius 1 is 1.37 bits per heavy atom. The summed E-state index contributed by atoms with van der Waals surface area (Å²) in [5.74, 6) is -0.108. The lowest BCUT2D eigenvalue weighted by Crippen LogP contribution is -2.45. The van der Waals surface area contributed by atoms with Crippen LogP contribution >= 0.6 is 0 Å². The van der Waals surface area contributed by atoms with Crippen molar-refractivity contribution >= 4 is 11.9 Å². The van der Waals surface area contributed by atoms with E-state index in [9.17, 15) is 9.59 Å². The number of hydrogen-bond acceptors (Lipinski definition) is 3. The highest BCUT2D eigenvalue weighted by Crippen LogP contribution is 2.35. The van der Waals surface area contributed by atoms with Gasteiger partial charge in [-0.1, -0.05) is 26.7 Å². The van der Waals surface area contributed by atoms with Crippen LogP contribution in [-0.4, -0.2) is 42.5 Å². The summed E-state index contributed by atoms with van der Waals surface area (Å²) in [6.45, 7) is 6.18. The first-order valence-electron chi connectivity index (χ1n) is 7.32. The molecule has 2 rings (SSSR count). The van der Waals surface area contributed by atoms with E-state index in [2.05, 4.69) is 24.5 Å². The zero-order valence-corrected chi connectivity index (χ0v) is 12.0. The van der Waals surface area contributed by atoms with E-state index in [-0.39, 0.29) is 18.5 Å². The summed E-state index contributed by atoms with van der Waals surface area (Å²) in [5, 5.41) is 6.14. The molecule has 1 saturated carbocycles. The molecule has 1 aliphatic carbocycles. The fourth-order valence-electron chi connectivity index (χ4n) is 3.07. The van der Waals surface area contributed by atoms with Crippen molar-refractivity contribution in [1.29, 1.82) is 0 Å². The lowest BCUT2D eigenvalue weighted by Gasteiger charge is -2.39. The van der Waals surface area contributed by atoms with E-state index in [1.54, 1.807) is 0 Å². The fourth-order valence-corrected chi connectivity index (χ4v) is 3.07. The van der Waals surface area contributed by atoms with Gasteiger partial charge in [-0.15, -0.1) is 0 Å². The molecule has 1 atom stereocenters. The highest BCUT2D eigenvalue weighted by Gasteiger charge is 2.32. The molecule has 5 nitrogen and oxygen atoms in total. The summed E-state index contributed by atoms with van der Waals surface area (Å²) < 4.78 is 0. The minimum absolute atomic E-state index is 0.108. The Labute approximate surface area is 115 Å². The Morgan fingerprint density at radius 2 is 2.16 bits per heavy atom. The Morgan fingerprint density at radius 3 is 2.79 bits per heavy atom. The van der Waals surface area contributed by atoms with Crippen molar-refractivity contribution in [3.63, 3.8) is 0 Å². The molecule has 2 aliphatic rings. The SMILES string of the molecule is CC1(C)CCCC[C@H]1NCCCN1C(=O)CNC1=O. The Hall–Kier alpha value is -1.10. The molecule has 1 heterocycles. The lowest BCUT2D eigenvalue weighted by molar-refractivity contribution is -0.125. The van der Waals surface area contributed by atoms with Crippen LogP contribution in [0.1, 0.15) is 46.0 Å². The third-order valence-corrected chi connectivity index (χ3v) is 4.39. The third-order valence-electron chi connectivity index (χ3n) is 4.39. The van der Waals surface area contributed by atoms with E-state index in [4.69, 9.17) is 0 Å². The molecule has 1 aliphatic heterocycles. The van der Waals surface area contributed by atoms with Gasteiger partial charge in [0.2, 0.25) is 5.91 Å². The summed E-state index contributed by atoms with van der Waals surface area (Å²) in [4.78, 5) is 24.1. The van der Waals surface area contributed by atoms with Crippen molar-refractivity contribution in [1.82, 2.24) is 15.5 Å². The van der Waals surface area contributed by atoms with E-state index >= 15 is 0 Å². The van der Waals surface area contributed by atoms with Gasteiger partial charge >= 0.3 is 6.03 Å². The zero-order chi connectivity index (χ0) is 13.9. The van der Waals surface area contributed by atoms with Crippen LogP contribution in [0.25, 0.3) is 0 Å². The molecular formula is C14H25N3O2. The number of carbonyl (C=O) groups is 2. The molecule has 0 aromatic heterocycles. The number of nitrogens with one attached hydrogen (secondary N) is 2. The Bertz CT molecular complexity index is 339. The first kappa shape index (κ1) is 14.3. The van der Waals surface area contributed by atoms with Crippen LogP contribution in [0, 0.1) is 5.41 Å². The molecule has 0 bridgehead atoms. The molecule has 2 fully saturated rings. The van der Waals surface area contributed by atoms with E-state index in [0.29, 0.717) is 18.0 Å². The van der Waals surface area contributed by atoms with Gasteiger partial charge in [-0.2, -0.15) is 0 Å². The van der Waals surface area contributed by atoms with Crippen LogP contribution in [0.2, 0.25) is 0 Å². The lowest BCUT2D eigenvalue weighted by atomic mass is 9.73. The van der Waals surface area contributed by atoms with E-state index in [1.165, 1.54) is 30.6 Å². The summed E-state index contributed by atoms with van der Waals surface area (Å²) in [5.41, 5.74) is 0.360. The maximum atomic E-state index is 11.4. The average molecular weight is 267 g/mol. The van der Waals surface area contributed by atoms with Gasteiger partial charge in [-0.25, -0.2) is 4.79 Å². The normalized spacial score (nSPS) is 26.6. The molecule has 0 unspecified atom stereocenters. The third kappa shape index (κ3) is 3.47. The number of imide groups is 1. The van der Waals surface area contributed by atoms with Crippen molar-refractivity contribution < 1.29 is 9.59 Å². The highest BCUT2D eigenvalue weighted by molar-refractivity contribution is 6.01. The van der Waals surface area contributed by atoms with Crippen LogP contribution in [0.4, 0.5) is 4.79 Å². The van der Waals surface area contributed by atoms with Crippen molar-refractivity contribution in [2.24, 2.45) is 5.41 Å². The predicted molar refractivity (Wildman–Crippen MR) is 73.8 cm³/mol. The minimum Gasteiger partial charge on any atom is -0.329 e. The van der Waals surface area contributed by atoms with Crippen LogP contribution < -0.4 is 10.6 Å². The van der Waals surface area contributed by atoms with Gasteiger partial charge in [-0.3, -0.25) is 9.69 Å². The topological polar surface area (TPSA) is 61.4 Å². The Balaban J connectivity index is 1.69. The number of rotatable bonds is 5.